The van der Waals surface area contributed by atoms with E-state index in [1.165, 1.54) is 24.8 Å². The van der Waals surface area contributed by atoms with E-state index in [1.807, 2.05) is 18.2 Å². The predicted molar refractivity (Wildman–Crippen MR) is 84.8 cm³/mol. The van der Waals surface area contributed by atoms with Crippen LogP contribution in [0.15, 0.2) is 35.4 Å². The fourth-order valence-electron chi connectivity index (χ4n) is 2.00. The van der Waals surface area contributed by atoms with Gasteiger partial charge < -0.3 is 0 Å². The SMILES string of the molecule is CCCCCCCC(=O)N/N=C/CCc1ccccc1. The van der Waals surface area contributed by atoms with Crippen molar-refractivity contribution in [3.8, 4) is 0 Å². The maximum atomic E-state index is 11.5. The van der Waals surface area contributed by atoms with Gasteiger partial charge in [0.1, 0.15) is 0 Å². The van der Waals surface area contributed by atoms with E-state index in [4.69, 9.17) is 0 Å². The Kier molecular flexibility index (Phi) is 9.20. The number of hydrogen-bond acceptors (Lipinski definition) is 2. The van der Waals surface area contributed by atoms with E-state index in [1.54, 1.807) is 6.21 Å². The van der Waals surface area contributed by atoms with Gasteiger partial charge in [0.15, 0.2) is 0 Å². The Morgan fingerprint density at radius 1 is 1.15 bits per heavy atom. The third kappa shape index (κ3) is 8.46. The van der Waals surface area contributed by atoms with Crippen molar-refractivity contribution < 1.29 is 4.79 Å². The minimum absolute atomic E-state index is 0.0254. The average molecular weight is 274 g/mol. The third-order valence-electron chi connectivity index (χ3n) is 3.19. The highest BCUT2D eigenvalue weighted by molar-refractivity contribution is 5.76. The van der Waals surface area contributed by atoms with E-state index in [2.05, 4.69) is 29.6 Å². The molecule has 0 heterocycles. The summed E-state index contributed by atoms with van der Waals surface area (Å²) in [5, 5.41) is 3.98. The summed E-state index contributed by atoms with van der Waals surface area (Å²) in [5.74, 6) is 0.0254. The lowest BCUT2D eigenvalue weighted by Crippen LogP contribution is -2.16. The zero-order valence-electron chi connectivity index (χ0n) is 12.5. The number of nitrogens with zero attached hydrogens (tertiary/aromatic N) is 1. The maximum absolute atomic E-state index is 11.5. The second kappa shape index (κ2) is 11.2. The molecule has 0 saturated heterocycles. The summed E-state index contributed by atoms with van der Waals surface area (Å²) in [5.41, 5.74) is 3.88. The van der Waals surface area contributed by atoms with E-state index < -0.39 is 0 Å². The number of benzene rings is 1. The predicted octanol–water partition coefficient (Wildman–Crippen LogP) is 4.08. The van der Waals surface area contributed by atoms with Crippen LogP contribution in [0.5, 0.6) is 0 Å². The zero-order chi connectivity index (χ0) is 14.5. The van der Waals surface area contributed by atoms with Gasteiger partial charge in [0.25, 0.3) is 0 Å². The highest BCUT2D eigenvalue weighted by atomic mass is 16.2. The van der Waals surface area contributed by atoms with Crippen LogP contribution in [-0.4, -0.2) is 12.1 Å². The number of rotatable bonds is 10. The van der Waals surface area contributed by atoms with Crippen molar-refractivity contribution in [2.45, 2.75) is 58.3 Å². The van der Waals surface area contributed by atoms with Gasteiger partial charge in [-0.2, -0.15) is 5.10 Å². The van der Waals surface area contributed by atoms with Crippen molar-refractivity contribution >= 4 is 12.1 Å². The van der Waals surface area contributed by atoms with Crippen molar-refractivity contribution in [2.75, 3.05) is 0 Å². The van der Waals surface area contributed by atoms with Crippen LogP contribution >= 0.6 is 0 Å². The summed E-state index contributed by atoms with van der Waals surface area (Å²) in [6, 6.07) is 10.3. The molecule has 1 amide bonds. The topological polar surface area (TPSA) is 41.5 Å². The molecular formula is C17H26N2O. The highest BCUT2D eigenvalue weighted by Crippen LogP contribution is 2.04. The van der Waals surface area contributed by atoms with Crippen LogP contribution in [0, 0.1) is 0 Å². The molecule has 1 aromatic carbocycles. The van der Waals surface area contributed by atoms with Crippen LogP contribution in [-0.2, 0) is 11.2 Å². The van der Waals surface area contributed by atoms with Crippen molar-refractivity contribution in [3.05, 3.63) is 35.9 Å². The van der Waals surface area contributed by atoms with E-state index in [0.717, 1.165) is 25.7 Å². The average Bonchev–Trinajstić information content (AvgIpc) is 2.48. The number of carbonyl (C=O) groups is 1. The summed E-state index contributed by atoms with van der Waals surface area (Å²) in [6.45, 7) is 2.19. The Labute approximate surface area is 122 Å². The Hall–Kier alpha value is -1.64. The summed E-state index contributed by atoms with van der Waals surface area (Å²) in [6.07, 6.45) is 9.99. The lowest BCUT2D eigenvalue weighted by Gasteiger charge is -2.00. The second-order valence-corrected chi connectivity index (χ2v) is 5.04. The summed E-state index contributed by atoms with van der Waals surface area (Å²) < 4.78 is 0. The summed E-state index contributed by atoms with van der Waals surface area (Å²) in [4.78, 5) is 11.5. The van der Waals surface area contributed by atoms with Crippen LogP contribution in [0.25, 0.3) is 0 Å². The number of hydrazone groups is 1. The van der Waals surface area contributed by atoms with Crippen LogP contribution in [0.3, 0.4) is 0 Å². The van der Waals surface area contributed by atoms with Crippen molar-refractivity contribution in [1.82, 2.24) is 5.43 Å². The van der Waals surface area contributed by atoms with Crippen LogP contribution in [0.1, 0.15) is 57.4 Å². The molecule has 0 aliphatic carbocycles. The lowest BCUT2D eigenvalue weighted by molar-refractivity contribution is -0.121. The number of unbranched alkanes of at least 4 members (excludes halogenated alkanes) is 4. The van der Waals surface area contributed by atoms with E-state index in [-0.39, 0.29) is 5.91 Å². The minimum atomic E-state index is 0.0254. The molecule has 3 nitrogen and oxygen atoms in total. The van der Waals surface area contributed by atoms with Gasteiger partial charge in [-0.3, -0.25) is 4.79 Å². The first-order valence-corrected chi connectivity index (χ1v) is 7.67. The molecule has 0 unspecified atom stereocenters. The van der Waals surface area contributed by atoms with E-state index in [9.17, 15) is 4.79 Å². The van der Waals surface area contributed by atoms with Crippen molar-refractivity contribution in [2.24, 2.45) is 5.10 Å². The Morgan fingerprint density at radius 2 is 1.90 bits per heavy atom. The van der Waals surface area contributed by atoms with Gasteiger partial charge in [-0.25, -0.2) is 5.43 Å². The van der Waals surface area contributed by atoms with Crippen LogP contribution in [0.2, 0.25) is 0 Å². The maximum Gasteiger partial charge on any atom is 0.240 e. The normalized spacial score (nSPS) is 10.8. The molecule has 0 atom stereocenters. The molecule has 0 aliphatic rings. The third-order valence-corrected chi connectivity index (χ3v) is 3.19. The number of aryl methyl sites for hydroxylation is 1. The standard InChI is InChI=1S/C17H26N2O/c1-2-3-4-5-9-14-17(20)19-18-15-10-13-16-11-7-6-8-12-16/h6-8,11-12,15H,2-5,9-10,13-14H2,1H3,(H,19,20)/b18-15+. The summed E-state index contributed by atoms with van der Waals surface area (Å²) >= 11 is 0. The number of nitrogens with one attached hydrogen (secondary N) is 1. The molecule has 0 bridgehead atoms. The minimum Gasteiger partial charge on any atom is -0.273 e. The fourth-order valence-corrected chi connectivity index (χ4v) is 2.00. The molecule has 0 saturated carbocycles. The Morgan fingerprint density at radius 3 is 2.65 bits per heavy atom. The smallest absolute Gasteiger partial charge is 0.240 e. The highest BCUT2D eigenvalue weighted by Gasteiger charge is 1.98. The molecule has 0 radical (unpaired) electrons. The van der Waals surface area contributed by atoms with Crippen molar-refractivity contribution in [3.63, 3.8) is 0 Å². The molecule has 0 aliphatic heterocycles. The fraction of sp³-hybridized carbons (Fsp3) is 0.529. The number of amides is 1. The van der Waals surface area contributed by atoms with Crippen molar-refractivity contribution in [1.29, 1.82) is 0 Å². The largest absolute Gasteiger partial charge is 0.273 e. The summed E-state index contributed by atoms with van der Waals surface area (Å²) in [7, 11) is 0. The van der Waals surface area contributed by atoms with Crippen LogP contribution < -0.4 is 5.43 Å². The molecule has 3 heteroatoms. The zero-order valence-corrected chi connectivity index (χ0v) is 12.5. The first kappa shape index (κ1) is 16.4. The van der Waals surface area contributed by atoms with Crippen LogP contribution in [0.4, 0.5) is 0 Å². The molecule has 0 fully saturated rings. The number of carbonyl (C=O) groups excluding carboxylic acids is 1. The van der Waals surface area contributed by atoms with Gasteiger partial charge in [0.05, 0.1) is 0 Å². The van der Waals surface area contributed by atoms with Gasteiger partial charge in [-0.1, -0.05) is 62.9 Å². The quantitative estimate of drug-likeness (QED) is 0.390. The van der Waals surface area contributed by atoms with Gasteiger partial charge in [-0.15, -0.1) is 0 Å². The molecule has 0 aromatic heterocycles. The monoisotopic (exact) mass is 274 g/mol. The number of hydrogen-bond donors (Lipinski definition) is 1. The first-order chi connectivity index (χ1) is 9.83. The first-order valence-electron chi connectivity index (χ1n) is 7.67. The molecule has 110 valence electrons. The Balaban J connectivity index is 2.01. The van der Waals surface area contributed by atoms with E-state index in [0.29, 0.717) is 6.42 Å². The molecule has 1 rings (SSSR count). The molecule has 1 aromatic rings. The molecule has 0 spiro atoms. The van der Waals surface area contributed by atoms with Gasteiger partial charge >= 0.3 is 0 Å². The van der Waals surface area contributed by atoms with Gasteiger partial charge in [0.2, 0.25) is 5.91 Å². The molecule has 1 N–H and O–H groups in total. The second-order valence-electron chi connectivity index (χ2n) is 5.04. The van der Waals surface area contributed by atoms with Gasteiger partial charge in [0, 0.05) is 12.6 Å². The Bertz CT molecular complexity index is 387. The van der Waals surface area contributed by atoms with Gasteiger partial charge in [-0.05, 0) is 24.8 Å². The lowest BCUT2D eigenvalue weighted by atomic mass is 10.1. The molecular weight excluding hydrogens is 248 g/mol. The molecule has 20 heavy (non-hydrogen) atoms. The van der Waals surface area contributed by atoms with E-state index >= 15 is 0 Å².